The standard InChI is InChI=1S/C19H24N2O2S/c22-24(23,19-11-12-20-15-19)21-14-18(17-9-5-2-6-10-17)13-16-7-3-1-4-8-16/h1-10,18-21H,11-15H2. The fourth-order valence-electron chi connectivity index (χ4n) is 3.16. The van der Waals surface area contributed by atoms with Crippen molar-refractivity contribution in [3.05, 3.63) is 71.8 Å². The minimum atomic E-state index is -3.27. The molecule has 2 unspecified atom stereocenters. The fourth-order valence-corrected chi connectivity index (χ4v) is 4.59. The second-order valence-electron chi connectivity index (χ2n) is 6.31. The maximum atomic E-state index is 12.5. The zero-order valence-electron chi connectivity index (χ0n) is 13.7. The average molecular weight is 344 g/mol. The summed E-state index contributed by atoms with van der Waals surface area (Å²) < 4.78 is 27.8. The molecule has 128 valence electrons. The Morgan fingerprint density at radius 2 is 1.71 bits per heavy atom. The van der Waals surface area contributed by atoms with Crippen molar-refractivity contribution in [1.82, 2.24) is 10.0 Å². The lowest BCUT2D eigenvalue weighted by atomic mass is 9.92. The Morgan fingerprint density at radius 1 is 1.04 bits per heavy atom. The molecule has 0 aliphatic carbocycles. The van der Waals surface area contributed by atoms with E-state index in [0.717, 1.165) is 18.5 Å². The van der Waals surface area contributed by atoms with E-state index in [-0.39, 0.29) is 11.2 Å². The van der Waals surface area contributed by atoms with Crippen molar-refractivity contribution in [2.24, 2.45) is 0 Å². The molecule has 2 atom stereocenters. The van der Waals surface area contributed by atoms with Gasteiger partial charge < -0.3 is 5.32 Å². The van der Waals surface area contributed by atoms with Gasteiger partial charge in [0, 0.05) is 19.0 Å². The second kappa shape index (κ2) is 7.92. The number of rotatable bonds is 7. The van der Waals surface area contributed by atoms with Gasteiger partial charge in [-0.1, -0.05) is 60.7 Å². The van der Waals surface area contributed by atoms with Gasteiger partial charge in [0.15, 0.2) is 0 Å². The van der Waals surface area contributed by atoms with E-state index in [1.807, 2.05) is 36.4 Å². The van der Waals surface area contributed by atoms with Crippen LogP contribution in [0.4, 0.5) is 0 Å². The third-order valence-corrected chi connectivity index (χ3v) is 6.43. The topological polar surface area (TPSA) is 58.2 Å². The summed E-state index contributed by atoms with van der Waals surface area (Å²) in [6.07, 6.45) is 1.50. The lowest BCUT2D eigenvalue weighted by Crippen LogP contribution is -2.38. The van der Waals surface area contributed by atoms with E-state index < -0.39 is 10.0 Å². The smallest absolute Gasteiger partial charge is 0.215 e. The highest BCUT2D eigenvalue weighted by Crippen LogP contribution is 2.21. The Bertz CT molecular complexity index is 726. The Kier molecular flexibility index (Phi) is 5.66. The van der Waals surface area contributed by atoms with Crippen LogP contribution in [0.1, 0.15) is 23.5 Å². The van der Waals surface area contributed by atoms with Gasteiger partial charge in [-0.05, 0) is 30.5 Å². The van der Waals surface area contributed by atoms with Crippen molar-refractivity contribution in [3.8, 4) is 0 Å². The van der Waals surface area contributed by atoms with Gasteiger partial charge in [-0.3, -0.25) is 0 Å². The quantitative estimate of drug-likeness (QED) is 0.810. The van der Waals surface area contributed by atoms with Crippen molar-refractivity contribution in [3.63, 3.8) is 0 Å². The van der Waals surface area contributed by atoms with Gasteiger partial charge in [-0.2, -0.15) is 0 Å². The van der Waals surface area contributed by atoms with Crippen molar-refractivity contribution in [1.29, 1.82) is 0 Å². The van der Waals surface area contributed by atoms with Crippen LogP contribution in [0.2, 0.25) is 0 Å². The van der Waals surface area contributed by atoms with Crippen LogP contribution in [-0.4, -0.2) is 33.3 Å². The van der Waals surface area contributed by atoms with Gasteiger partial charge in [-0.15, -0.1) is 0 Å². The summed E-state index contributed by atoms with van der Waals surface area (Å²) in [5.41, 5.74) is 2.38. The largest absolute Gasteiger partial charge is 0.315 e. The van der Waals surface area contributed by atoms with E-state index in [1.54, 1.807) is 0 Å². The van der Waals surface area contributed by atoms with Crippen LogP contribution in [0.25, 0.3) is 0 Å². The van der Waals surface area contributed by atoms with Gasteiger partial charge in [0.05, 0.1) is 5.25 Å². The molecule has 1 saturated heterocycles. The molecule has 0 amide bonds. The van der Waals surface area contributed by atoms with Crippen molar-refractivity contribution >= 4 is 10.0 Å². The average Bonchev–Trinajstić information content (AvgIpc) is 3.16. The third-order valence-electron chi connectivity index (χ3n) is 4.58. The predicted molar refractivity (Wildman–Crippen MR) is 97.5 cm³/mol. The molecule has 2 aromatic carbocycles. The zero-order chi connectivity index (χ0) is 16.8. The molecule has 4 nitrogen and oxygen atoms in total. The molecule has 1 aliphatic heterocycles. The number of hydrogen-bond donors (Lipinski definition) is 2. The Morgan fingerprint density at radius 3 is 2.33 bits per heavy atom. The van der Waals surface area contributed by atoms with Gasteiger partial charge in [0.1, 0.15) is 0 Å². The summed E-state index contributed by atoms with van der Waals surface area (Å²) in [7, 11) is -3.27. The fraction of sp³-hybridized carbons (Fsp3) is 0.368. The molecule has 0 bridgehead atoms. The molecule has 1 heterocycles. The molecule has 24 heavy (non-hydrogen) atoms. The molecule has 0 saturated carbocycles. The van der Waals surface area contributed by atoms with Crippen LogP contribution in [0.5, 0.6) is 0 Å². The molecule has 5 heteroatoms. The number of sulfonamides is 1. The summed E-state index contributed by atoms with van der Waals surface area (Å²) in [4.78, 5) is 0. The number of hydrogen-bond acceptors (Lipinski definition) is 3. The van der Waals surface area contributed by atoms with Crippen LogP contribution in [0.15, 0.2) is 60.7 Å². The van der Waals surface area contributed by atoms with E-state index in [0.29, 0.717) is 19.5 Å². The van der Waals surface area contributed by atoms with E-state index in [1.165, 1.54) is 5.56 Å². The Balaban J connectivity index is 1.72. The van der Waals surface area contributed by atoms with Gasteiger partial charge in [-0.25, -0.2) is 13.1 Å². The van der Waals surface area contributed by atoms with Crippen LogP contribution in [-0.2, 0) is 16.4 Å². The molecule has 0 aromatic heterocycles. The minimum Gasteiger partial charge on any atom is -0.315 e. The maximum Gasteiger partial charge on any atom is 0.215 e. The highest BCUT2D eigenvalue weighted by atomic mass is 32.2. The normalized spacial score (nSPS) is 19.2. The maximum absolute atomic E-state index is 12.5. The Labute approximate surface area is 144 Å². The lowest BCUT2D eigenvalue weighted by Gasteiger charge is -2.20. The molecular weight excluding hydrogens is 320 g/mol. The summed E-state index contributed by atoms with van der Waals surface area (Å²) >= 11 is 0. The van der Waals surface area contributed by atoms with Crippen molar-refractivity contribution in [2.75, 3.05) is 19.6 Å². The first-order chi connectivity index (χ1) is 11.6. The second-order valence-corrected chi connectivity index (χ2v) is 8.35. The minimum absolute atomic E-state index is 0.123. The number of benzene rings is 2. The highest BCUT2D eigenvalue weighted by molar-refractivity contribution is 7.90. The molecule has 3 rings (SSSR count). The molecular formula is C19H24N2O2S. The van der Waals surface area contributed by atoms with E-state index in [4.69, 9.17) is 0 Å². The van der Waals surface area contributed by atoms with Crippen LogP contribution in [0, 0.1) is 0 Å². The van der Waals surface area contributed by atoms with Gasteiger partial charge in [0.25, 0.3) is 0 Å². The molecule has 2 N–H and O–H groups in total. The first kappa shape index (κ1) is 17.1. The lowest BCUT2D eigenvalue weighted by molar-refractivity contribution is 0.556. The van der Waals surface area contributed by atoms with Crippen LogP contribution < -0.4 is 10.0 Å². The van der Waals surface area contributed by atoms with Crippen molar-refractivity contribution in [2.45, 2.75) is 24.0 Å². The summed E-state index contributed by atoms with van der Waals surface area (Å²) in [6, 6.07) is 20.3. The number of nitrogens with one attached hydrogen (secondary N) is 2. The van der Waals surface area contributed by atoms with Crippen LogP contribution >= 0.6 is 0 Å². The predicted octanol–water partition coefficient (Wildman–Crippen LogP) is 2.29. The molecule has 2 aromatic rings. The SMILES string of the molecule is O=S(=O)(NCC(Cc1ccccc1)c1ccccc1)C1CCNC1. The first-order valence-corrected chi connectivity index (χ1v) is 9.98. The molecule has 1 aliphatic rings. The highest BCUT2D eigenvalue weighted by Gasteiger charge is 2.29. The summed E-state index contributed by atoms with van der Waals surface area (Å²) in [5, 5.41) is 2.80. The first-order valence-electron chi connectivity index (χ1n) is 8.43. The third kappa shape index (κ3) is 4.44. The summed E-state index contributed by atoms with van der Waals surface area (Å²) in [6.45, 7) is 1.75. The van der Waals surface area contributed by atoms with E-state index >= 15 is 0 Å². The van der Waals surface area contributed by atoms with E-state index in [2.05, 4.69) is 34.3 Å². The monoisotopic (exact) mass is 344 g/mol. The zero-order valence-corrected chi connectivity index (χ0v) is 14.5. The van der Waals surface area contributed by atoms with Crippen LogP contribution in [0.3, 0.4) is 0 Å². The van der Waals surface area contributed by atoms with Gasteiger partial charge in [0.2, 0.25) is 10.0 Å². The van der Waals surface area contributed by atoms with Gasteiger partial charge >= 0.3 is 0 Å². The summed E-state index contributed by atoms with van der Waals surface area (Å²) in [5.74, 6) is 0.123. The molecule has 0 spiro atoms. The molecule has 0 radical (unpaired) electrons. The van der Waals surface area contributed by atoms with E-state index in [9.17, 15) is 8.42 Å². The molecule has 1 fully saturated rings. The van der Waals surface area contributed by atoms with Crippen molar-refractivity contribution < 1.29 is 8.42 Å². The Hall–Kier alpha value is -1.69.